The Morgan fingerprint density at radius 1 is 0.632 bits per heavy atom. The van der Waals surface area contributed by atoms with Crippen molar-refractivity contribution in [3.8, 4) is 50.0 Å². The smallest absolute Gasteiger partial charge is 0.306 e. The number of amides is 6. The van der Waals surface area contributed by atoms with E-state index >= 15 is 0 Å². The number of carboxylic acid groups (broad SMARTS) is 1. The number of primary amides is 1. The fourth-order valence-electron chi connectivity index (χ4n) is 10.7. The summed E-state index contributed by atoms with van der Waals surface area (Å²) in [5, 5.41) is 42.0. The number of hydrogen-bond acceptors (Lipinski definition) is 21. The lowest BCUT2D eigenvalue weighted by Gasteiger charge is -2.28. The maximum Gasteiger partial charge on any atom is 0.306 e. The first kappa shape index (κ1) is 58.4. The molecule has 1 saturated carbocycles. The Morgan fingerprint density at radius 3 is 1.98 bits per heavy atom. The molecule has 4 atom stereocenters. The van der Waals surface area contributed by atoms with E-state index < -0.39 is 65.6 Å². The second kappa shape index (κ2) is 25.2. The Kier molecular flexibility index (Phi) is 16.9. The molecule has 444 valence electrons. The SMILES string of the molecule is Cc1oc2nc1C(=O)N[C@@H](CC(N)=O)c1nc(cs1)C(=O)N[C@@H](Cc1ccccc1)c1nc(cs1)C(=O)N[C@@H](Cc1ccc(O)cc1)C(=O)N1CCC[C@H]1c1nc(cs1)-c1nc(cs1)-c1nc(-c3nc(C(=O)NC4CCC(C(=O)O)CC4)cs3)ccc1-2. The topological polar surface area (TPSA) is 341 Å². The number of carbonyl (C=O) groups excluding carboxylic acids is 6. The number of nitrogens with two attached hydrogens (primary N) is 1. The number of aliphatic carboxylic acids is 1. The van der Waals surface area contributed by atoms with Crippen LogP contribution in [0.5, 0.6) is 5.75 Å². The van der Waals surface area contributed by atoms with Gasteiger partial charge in [0.05, 0.1) is 41.7 Å². The van der Waals surface area contributed by atoms with Crippen LogP contribution < -0.4 is 27.0 Å². The van der Waals surface area contributed by atoms with Crippen LogP contribution in [0.15, 0.2) is 98.0 Å². The summed E-state index contributed by atoms with van der Waals surface area (Å²) in [4.78, 5) is 131. The minimum absolute atomic E-state index is 0.000871. The summed E-state index contributed by atoms with van der Waals surface area (Å²) in [6.45, 7) is 1.95. The van der Waals surface area contributed by atoms with Gasteiger partial charge < -0.3 is 46.5 Å². The van der Waals surface area contributed by atoms with Crippen molar-refractivity contribution in [2.24, 2.45) is 11.7 Å². The number of aromatic nitrogens is 7. The van der Waals surface area contributed by atoms with E-state index in [1.54, 1.807) is 52.2 Å². The predicted molar refractivity (Wildman–Crippen MR) is 324 cm³/mol. The average molecular weight is 1260 g/mol. The Balaban J connectivity index is 0.912. The van der Waals surface area contributed by atoms with Gasteiger partial charge in [0.15, 0.2) is 5.69 Å². The van der Waals surface area contributed by atoms with Crippen molar-refractivity contribution in [1.82, 2.24) is 61.1 Å². The van der Waals surface area contributed by atoms with Gasteiger partial charge >= 0.3 is 5.97 Å². The molecule has 23 nitrogen and oxygen atoms in total. The number of nitrogens with one attached hydrogen (secondary N) is 4. The predicted octanol–water partition coefficient (Wildman–Crippen LogP) is 8.49. The second-order valence-corrected chi connectivity index (χ2v) is 25.5. The zero-order valence-electron chi connectivity index (χ0n) is 46.1. The standard InChI is InChI=1S/C59H53N13O10S5/c1-28-46-51(78)64-37(22-45(60)74)55-69-41(25-86-55)49(76)63-36(20-29-6-3-2-4-7-29)54-68-42(26-85-54)50(77)65-38(21-30-9-15-33(73)16-10-30)58(79)72-19-5-8-44(72)57-70-43(27-87-57)56-66-39(23-83-56)47-34(52(71-46)82-28)17-18-35(62-47)53-67-40(24-84-53)48(75)61-32-13-11-31(12-14-32)59(80)81/h2-4,6-7,9-10,15-18,23-27,31-32,36-38,44,73H,5,8,11-14,19-22H2,1H3,(H2,60,74)(H,61,75)(H,63,76)(H,64,78)(H,65,77)(H,80,81)/t31?,32?,36-,37-,38-,44-/m0/s1. The lowest BCUT2D eigenvalue weighted by atomic mass is 9.86. The molecule has 7 aromatic heterocycles. The van der Waals surface area contributed by atoms with E-state index in [4.69, 9.17) is 30.1 Å². The first-order valence-electron chi connectivity index (χ1n) is 27.7. The molecule has 12 rings (SSSR count). The van der Waals surface area contributed by atoms with Crippen LogP contribution in [0.1, 0.15) is 137 Å². The zero-order chi connectivity index (χ0) is 60.5. The zero-order valence-corrected chi connectivity index (χ0v) is 50.2. The van der Waals surface area contributed by atoms with Crippen molar-refractivity contribution in [2.45, 2.75) is 94.9 Å². The van der Waals surface area contributed by atoms with Gasteiger partial charge in [-0.2, -0.15) is 0 Å². The highest BCUT2D eigenvalue weighted by Gasteiger charge is 2.38. The molecule has 9 heterocycles. The molecule has 9 aromatic rings. The number of oxazole rings is 1. The van der Waals surface area contributed by atoms with Crippen molar-refractivity contribution in [3.63, 3.8) is 0 Å². The van der Waals surface area contributed by atoms with Gasteiger partial charge in [-0.05, 0) is 87.3 Å². The summed E-state index contributed by atoms with van der Waals surface area (Å²) < 4.78 is 6.25. The van der Waals surface area contributed by atoms with Crippen molar-refractivity contribution < 1.29 is 48.2 Å². The third-order valence-electron chi connectivity index (χ3n) is 15.2. The lowest BCUT2D eigenvalue weighted by molar-refractivity contribution is -0.143. The van der Waals surface area contributed by atoms with E-state index in [0.29, 0.717) is 93.3 Å². The molecule has 2 aromatic carbocycles. The summed E-state index contributed by atoms with van der Waals surface area (Å²) in [6.07, 6.45) is 3.23. The molecule has 1 aliphatic carbocycles. The maximum atomic E-state index is 15.0. The number of benzene rings is 2. The largest absolute Gasteiger partial charge is 0.508 e. The third kappa shape index (κ3) is 12.9. The monoisotopic (exact) mass is 1260 g/mol. The average Bonchev–Trinajstić information content (AvgIpc) is 1.97. The van der Waals surface area contributed by atoms with Crippen LogP contribution in [0.25, 0.3) is 44.2 Å². The number of nitrogens with zero attached hydrogens (tertiary/aromatic N) is 8. The van der Waals surface area contributed by atoms with Gasteiger partial charge in [-0.3, -0.25) is 33.6 Å². The number of thiazole rings is 5. The minimum atomic E-state index is -1.10. The van der Waals surface area contributed by atoms with E-state index in [1.807, 2.05) is 35.7 Å². The maximum absolute atomic E-state index is 15.0. The molecule has 3 aliphatic rings. The summed E-state index contributed by atoms with van der Waals surface area (Å²) in [6, 6.07) is 15.6. The van der Waals surface area contributed by atoms with Crippen LogP contribution in [0.4, 0.5) is 0 Å². The van der Waals surface area contributed by atoms with E-state index in [1.165, 1.54) is 51.5 Å². The molecule has 8 N–H and O–H groups in total. The summed E-state index contributed by atoms with van der Waals surface area (Å²) in [7, 11) is 0. The van der Waals surface area contributed by atoms with Gasteiger partial charge in [0.2, 0.25) is 17.7 Å². The molecular weight excluding hydrogens is 1210 g/mol. The summed E-state index contributed by atoms with van der Waals surface area (Å²) >= 11 is 6.06. The first-order chi connectivity index (χ1) is 42.1. The number of rotatable bonds is 10. The van der Waals surface area contributed by atoms with Crippen molar-refractivity contribution >= 4 is 98.1 Å². The second-order valence-electron chi connectivity index (χ2n) is 21.2. The molecule has 28 heteroatoms. The fraction of sp³-hybridized carbons (Fsp3) is 0.288. The van der Waals surface area contributed by atoms with Crippen molar-refractivity contribution in [1.29, 1.82) is 0 Å². The number of fused-ring (bicyclic) bond motifs is 16. The number of aryl methyl sites for hydroxylation is 1. The van der Waals surface area contributed by atoms with Gasteiger partial charge in [0, 0.05) is 45.9 Å². The molecule has 2 aliphatic heterocycles. The molecule has 87 heavy (non-hydrogen) atoms. The quantitative estimate of drug-likeness (QED) is 0.0674. The van der Waals surface area contributed by atoms with Crippen LogP contribution in [-0.4, -0.2) is 110 Å². The van der Waals surface area contributed by atoms with E-state index in [9.17, 15) is 43.8 Å². The molecule has 0 radical (unpaired) electrons. The Labute approximate surface area is 515 Å². The number of phenols is 1. The summed E-state index contributed by atoms with van der Waals surface area (Å²) in [5.41, 5.74) is 9.26. The van der Waals surface area contributed by atoms with E-state index in [0.717, 1.165) is 28.2 Å². The van der Waals surface area contributed by atoms with Crippen LogP contribution in [-0.2, 0) is 27.2 Å². The first-order valence-corrected chi connectivity index (χ1v) is 32.1. The molecule has 2 fully saturated rings. The molecule has 0 spiro atoms. The molecule has 0 unspecified atom stereocenters. The van der Waals surface area contributed by atoms with Crippen LogP contribution in [0, 0.1) is 12.8 Å². The van der Waals surface area contributed by atoms with E-state index in [-0.39, 0.29) is 82.1 Å². The number of hydrogen-bond donors (Lipinski definition) is 7. The molecule has 6 amide bonds. The fourth-order valence-corrected chi connectivity index (χ4v) is 15.0. The van der Waals surface area contributed by atoms with Crippen LogP contribution >= 0.6 is 56.7 Å². The molecular formula is C59H53N13O10S5. The number of pyridine rings is 1. The highest BCUT2D eigenvalue weighted by Crippen LogP contribution is 2.40. The highest BCUT2D eigenvalue weighted by atomic mass is 32.1. The minimum Gasteiger partial charge on any atom is -0.508 e. The normalized spacial score (nSPS) is 20.0. The van der Waals surface area contributed by atoms with Gasteiger partial charge in [-0.1, -0.05) is 42.5 Å². The van der Waals surface area contributed by atoms with Gasteiger partial charge in [0.25, 0.3) is 23.6 Å². The van der Waals surface area contributed by atoms with Crippen molar-refractivity contribution in [2.75, 3.05) is 6.54 Å². The molecule has 10 bridgehead atoms. The number of carbonyl (C=O) groups is 7. The van der Waals surface area contributed by atoms with Crippen molar-refractivity contribution in [3.05, 3.63) is 148 Å². The molecule has 1 saturated heterocycles. The van der Waals surface area contributed by atoms with Gasteiger partial charge in [-0.15, -0.1) is 56.7 Å². The van der Waals surface area contributed by atoms with E-state index in [2.05, 4.69) is 36.2 Å². The number of phenolic OH excluding ortho intramolecular Hbond substituents is 1. The summed E-state index contributed by atoms with van der Waals surface area (Å²) in [5.74, 6) is -4.56. The number of aromatic hydroxyl groups is 1. The Hall–Kier alpha value is -8.96. The highest BCUT2D eigenvalue weighted by molar-refractivity contribution is 7.14. The van der Waals surface area contributed by atoms with Crippen LogP contribution in [0.3, 0.4) is 0 Å². The Morgan fingerprint density at radius 2 is 1.25 bits per heavy atom. The third-order valence-corrected chi connectivity index (χ3v) is 19.8. The Bertz CT molecular complexity index is 4090. The number of carboxylic acids is 1. The lowest BCUT2D eigenvalue weighted by Crippen LogP contribution is -2.49. The van der Waals surface area contributed by atoms with Gasteiger partial charge in [0.1, 0.15) is 76.8 Å². The van der Waals surface area contributed by atoms with Gasteiger partial charge in [-0.25, -0.2) is 34.9 Å². The van der Waals surface area contributed by atoms with Crippen LogP contribution in [0.2, 0.25) is 0 Å².